The van der Waals surface area contributed by atoms with Crippen LogP contribution < -0.4 is 5.73 Å². The Morgan fingerprint density at radius 3 is 2.67 bits per heavy atom. The van der Waals surface area contributed by atoms with E-state index in [2.05, 4.69) is 11.6 Å². The number of aromatic nitrogens is 1. The van der Waals surface area contributed by atoms with Crippen LogP contribution in [0, 0.1) is 0 Å². The summed E-state index contributed by atoms with van der Waals surface area (Å²) in [6.07, 6.45) is 1.72. The van der Waals surface area contributed by atoms with E-state index >= 15 is 0 Å². The lowest BCUT2D eigenvalue weighted by molar-refractivity contribution is 0.0611. The lowest BCUT2D eigenvalue weighted by Crippen LogP contribution is -2.45. The molecule has 0 aliphatic heterocycles. The van der Waals surface area contributed by atoms with Crippen molar-refractivity contribution in [2.45, 2.75) is 39.3 Å². The van der Waals surface area contributed by atoms with Crippen LogP contribution >= 0.6 is 11.3 Å². The predicted molar refractivity (Wildman–Crippen MR) is 75.7 cm³/mol. The van der Waals surface area contributed by atoms with Gasteiger partial charge in [0.15, 0.2) is 0 Å². The summed E-state index contributed by atoms with van der Waals surface area (Å²) in [5, 5.41) is 2.55. The Bertz CT molecular complexity index is 432. The van der Waals surface area contributed by atoms with Gasteiger partial charge in [-0.2, -0.15) is 0 Å². The Balaban J connectivity index is 2.98. The molecular formula is C13H21N3OS. The maximum absolute atomic E-state index is 12.4. The summed E-state index contributed by atoms with van der Waals surface area (Å²) >= 11 is 1.42. The second kappa shape index (κ2) is 5.63. The fraction of sp³-hybridized carbons (Fsp3) is 0.538. The van der Waals surface area contributed by atoms with Gasteiger partial charge in [-0.1, -0.05) is 6.08 Å². The van der Waals surface area contributed by atoms with Crippen LogP contribution in [-0.4, -0.2) is 27.9 Å². The van der Waals surface area contributed by atoms with Gasteiger partial charge in [-0.25, -0.2) is 4.98 Å². The minimum Gasteiger partial charge on any atom is -0.329 e. The zero-order chi connectivity index (χ0) is 13.9. The third kappa shape index (κ3) is 3.40. The van der Waals surface area contributed by atoms with E-state index in [0.717, 1.165) is 5.01 Å². The van der Waals surface area contributed by atoms with Crippen molar-refractivity contribution in [1.82, 2.24) is 9.88 Å². The van der Waals surface area contributed by atoms with E-state index in [1.54, 1.807) is 16.4 Å². The van der Waals surface area contributed by atoms with Crippen molar-refractivity contribution in [1.29, 1.82) is 0 Å². The Morgan fingerprint density at radius 2 is 2.28 bits per heavy atom. The van der Waals surface area contributed by atoms with Gasteiger partial charge in [0, 0.05) is 17.5 Å². The summed E-state index contributed by atoms with van der Waals surface area (Å²) in [6.45, 7) is 12.0. The minimum atomic E-state index is -0.261. The molecule has 1 amide bonds. The van der Waals surface area contributed by atoms with Crippen molar-refractivity contribution in [3.63, 3.8) is 0 Å². The van der Waals surface area contributed by atoms with E-state index in [1.165, 1.54) is 11.3 Å². The third-order valence-electron chi connectivity index (χ3n) is 2.50. The zero-order valence-electron chi connectivity index (χ0n) is 11.4. The van der Waals surface area contributed by atoms with Gasteiger partial charge in [0.05, 0.1) is 6.04 Å². The molecule has 0 aliphatic rings. The first-order valence-corrected chi connectivity index (χ1v) is 6.79. The van der Waals surface area contributed by atoms with Crippen LogP contribution in [0.4, 0.5) is 0 Å². The molecule has 0 fully saturated rings. The van der Waals surface area contributed by atoms with Crippen molar-refractivity contribution < 1.29 is 4.79 Å². The van der Waals surface area contributed by atoms with E-state index in [4.69, 9.17) is 5.73 Å². The average Bonchev–Trinajstić information content (AvgIpc) is 2.72. The van der Waals surface area contributed by atoms with E-state index in [9.17, 15) is 4.79 Å². The molecule has 0 aliphatic carbocycles. The Hall–Kier alpha value is -1.20. The van der Waals surface area contributed by atoms with Crippen molar-refractivity contribution >= 4 is 17.2 Å². The largest absolute Gasteiger partial charge is 0.329 e. The van der Waals surface area contributed by atoms with Gasteiger partial charge in [0.1, 0.15) is 10.7 Å². The van der Waals surface area contributed by atoms with Gasteiger partial charge in [-0.15, -0.1) is 17.9 Å². The van der Waals surface area contributed by atoms with Crippen molar-refractivity contribution in [3.05, 3.63) is 28.7 Å². The van der Waals surface area contributed by atoms with E-state index in [1.807, 2.05) is 27.7 Å². The molecule has 1 aromatic rings. The topological polar surface area (TPSA) is 59.2 Å². The highest BCUT2D eigenvalue weighted by atomic mass is 32.1. The summed E-state index contributed by atoms with van der Waals surface area (Å²) in [7, 11) is 0. The molecule has 4 nitrogen and oxygen atoms in total. The molecule has 1 rings (SSSR count). The second-order valence-electron chi connectivity index (χ2n) is 5.23. The average molecular weight is 267 g/mol. The van der Waals surface area contributed by atoms with Crippen LogP contribution in [0.25, 0.3) is 0 Å². The number of carbonyl (C=O) groups excluding carboxylic acids is 1. The number of carbonyl (C=O) groups is 1. The fourth-order valence-electron chi connectivity index (χ4n) is 1.52. The summed E-state index contributed by atoms with van der Waals surface area (Å²) in [4.78, 5) is 18.4. The molecule has 0 aromatic carbocycles. The minimum absolute atomic E-state index is 0.0782. The molecule has 100 valence electrons. The van der Waals surface area contributed by atoms with Crippen LogP contribution in [0.15, 0.2) is 18.0 Å². The normalized spacial score (nSPS) is 13.2. The number of rotatable bonds is 4. The van der Waals surface area contributed by atoms with Gasteiger partial charge in [0.25, 0.3) is 5.91 Å². The molecule has 1 unspecified atom stereocenters. The van der Waals surface area contributed by atoms with Crippen molar-refractivity contribution in [3.8, 4) is 0 Å². The van der Waals surface area contributed by atoms with Crippen LogP contribution in [-0.2, 0) is 0 Å². The smallest absolute Gasteiger partial charge is 0.274 e. The number of nitrogens with two attached hydrogens (primary N) is 1. The maximum atomic E-state index is 12.4. The summed E-state index contributed by atoms with van der Waals surface area (Å²) in [6, 6.07) is -0.140. The van der Waals surface area contributed by atoms with Gasteiger partial charge in [-0.3, -0.25) is 4.79 Å². The molecule has 1 aromatic heterocycles. The molecule has 1 atom stereocenters. The highest BCUT2D eigenvalue weighted by molar-refractivity contribution is 7.09. The van der Waals surface area contributed by atoms with Crippen LogP contribution in [0.2, 0.25) is 0 Å². The molecular weight excluding hydrogens is 246 g/mol. The molecule has 1 heterocycles. The molecule has 0 spiro atoms. The Kier molecular flexibility index (Phi) is 4.65. The molecule has 0 saturated heterocycles. The van der Waals surface area contributed by atoms with Gasteiger partial charge < -0.3 is 10.6 Å². The SMILES string of the molecule is C=CCN(C(=O)c1csc(C(C)N)n1)C(C)(C)C. The van der Waals surface area contributed by atoms with Gasteiger partial charge >= 0.3 is 0 Å². The van der Waals surface area contributed by atoms with E-state index < -0.39 is 0 Å². The number of amides is 1. The lowest BCUT2D eigenvalue weighted by atomic mass is 10.1. The fourth-order valence-corrected chi connectivity index (χ4v) is 2.28. The van der Waals surface area contributed by atoms with Crippen molar-refractivity contribution in [2.24, 2.45) is 5.73 Å². The lowest BCUT2D eigenvalue weighted by Gasteiger charge is -2.34. The summed E-state index contributed by atoms with van der Waals surface area (Å²) < 4.78 is 0. The number of hydrogen-bond acceptors (Lipinski definition) is 4. The Labute approximate surface area is 113 Å². The van der Waals surface area contributed by atoms with Crippen LogP contribution in [0.3, 0.4) is 0 Å². The first-order chi connectivity index (χ1) is 8.27. The third-order valence-corrected chi connectivity index (χ3v) is 3.54. The molecule has 2 N–H and O–H groups in total. The highest BCUT2D eigenvalue weighted by Crippen LogP contribution is 2.21. The van der Waals surface area contributed by atoms with E-state index in [-0.39, 0.29) is 17.5 Å². The van der Waals surface area contributed by atoms with Gasteiger partial charge in [0.2, 0.25) is 0 Å². The number of hydrogen-bond donors (Lipinski definition) is 1. The number of nitrogens with zero attached hydrogens (tertiary/aromatic N) is 2. The van der Waals surface area contributed by atoms with Crippen molar-refractivity contribution in [2.75, 3.05) is 6.54 Å². The molecule has 0 radical (unpaired) electrons. The second-order valence-corrected chi connectivity index (χ2v) is 6.12. The predicted octanol–water partition coefficient (Wildman–Crippen LogP) is 2.59. The first kappa shape index (κ1) is 14.9. The van der Waals surface area contributed by atoms with Crippen LogP contribution in [0.1, 0.15) is 49.2 Å². The van der Waals surface area contributed by atoms with E-state index in [0.29, 0.717) is 12.2 Å². The maximum Gasteiger partial charge on any atom is 0.274 e. The molecule has 5 heteroatoms. The monoisotopic (exact) mass is 267 g/mol. The number of thiazole rings is 1. The first-order valence-electron chi connectivity index (χ1n) is 5.91. The summed E-state index contributed by atoms with van der Waals surface area (Å²) in [5.41, 5.74) is 5.96. The standard InChI is InChI=1S/C13H21N3OS/c1-6-7-16(13(3,4)5)12(17)10-8-18-11(15-10)9(2)14/h6,8-9H,1,7,14H2,2-5H3. The molecule has 18 heavy (non-hydrogen) atoms. The summed E-state index contributed by atoms with van der Waals surface area (Å²) in [5.74, 6) is -0.0782. The molecule has 0 saturated carbocycles. The zero-order valence-corrected chi connectivity index (χ0v) is 12.3. The van der Waals surface area contributed by atoms with Crippen LogP contribution in [0.5, 0.6) is 0 Å². The Morgan fingerprint density at radius 1 is 1.67 bits per heavy atom. The quantitative estimate of drug-likeness (QED) is 0.853. The van der Waals surface area contributed by atoms with Gasteiger partial charge in [-0.05, 0) is 27.7 Å². The highest BCUT2D eigenvalue weighted by Gasteiger charge is 2.27. The molecule has 0 bridgehead atoms.